The molecule has 30 heavy (non-hydrogen) atoms. The van der Waals surface area contributed by atoms with Crippen molar-refractivity contribution >= 4 is 5.78 Å². The van der Waals surface area contributed by atoms with Gasteiger partial charge in [0.2, 0.25) is 0 Å². The van der Waals surface area contributed by atoms with Gasteiger partial charge in [0, 0.05) is 31.3 Å². The van der Waals surface area contributed by atoms with Gasteiger partial charge in [-0.2, -0.15) is 0 Å². The fourth-order valence-electron chi connectivity index (χ4n) is 3.18. The average molecular weight is 416 g/mol. The van der Waals surface area contributed by atoms with E-state index in [1.54, 1.807) is 43.5 Å². The van der Waals surface area contributed by atoms with Gasteiger partial charge < -0.3 is 19.7 Å². The molecule has 0 aliphatic rings. The molecule has 2 aromatic carbocycles. The maximum atomic E-state index is 12.5. The summed E-state index contributed by atoms with van der Waals surface area (Å²) in [6.07, 6.45) is 0.749. The van der Waals surface area contributed by atoms with Gasteiger partial charge >= 0.3 is 0 Å². The van der Waals surface area contributed by atoms with Gasteiger partial charge in [0.1, 0.15) is 18.5 Å². The van der Waals surface area contributed by atoms with Gasteiger partial charge in [0.05, 0.1) is 12.7 Å². The fourth-order valence-corrected chi connectivity index (χ4v) is 3.18. The lowest BCUT2D eigenvalue weighted by atomic mass is 10.0. The number of methoxy groups -OCH3 is 1. The largest absolute Gasteiger partial charge is 0.491 e. The van der Waals surface area contributed by atoms with Crippen LogP contribution in [0.5, 0.6) is 5.75 Å². The standard InChI is InChI=1S/C24H33NO5/c1-3-4-14-25(15-21(26)17-29-2)16-22(27)18-30-23-12-10-20(11-13-23)24(28)19-8-6-5-7-9-19/h5-13,21-22,26-27H,3-4,14-18H2,1-2H3. The molecular weight excluding hydrogens is 382 g/mol. The van der Waals surface area contributed by atoms with E-state index in [9.17, 15) is 15.0 Å². The number of hydrogen-bond donors (Lipinski definition) is 2. The summed E-state index contributed by atoms with van der Waals surface area (Å²) >= 11 is 0. The monoisotopic (exact) mass is 415 g/mol. The lowest BCUT2D eigenvalue weighted by Gasteiger charge is -2.27. The molecule has 2 unspecified atom stereocenters. The Kier molecular flexibility index (Phi) is 10.5. The Hall–Kier alpha value is -2.25. The minimum atomic E-state index is -0.692. The molecule has 164 valence electrons. The Bertz CT molecular complexity index is 735. The average Bonchev–Trinajstić information content (AvgIpc) is 2.76. The van der Waals surface area contributed by atoms with Crippen molar-refractivity contribution in [2.75, 3.05) is 40.0 Å². The van der Waals surface area contributed by atoms with Crippen LogP contribution < -0.4 is 4.74 Å². The van der Waals surface area contributed by atoms with Crippen molar-refractivity contribution in [1.29, 1.82) is 0 Å². The molecule has 2 atom stereocenters. The van der Waals surface area contributed by atoms with E-state index in [1.807, 2.05) is 23.1 Å². The number of carbonyl (C=O) groups is 1. The van der Waals surface area contributed by atoms with Crippen LogP contribution in [0.15, 0.2) is 54.6 Å². The maximum absolute atomic E-state index is 12.5. The van der Waals surface area contributed by atoms with E-state index in [1.165, 1.54) is 0 Å². The number of hydrogen-bond acceptors (Lipinski definition) is 6. The van der Waals surface area contributed by atoms with E-state index in [2.05, 4.69) is 6.92 Å². The highest BCUT2D eigenvalue weighted by molar-refractivity contribution is 6.08. The fraction of sp³-hybridized carbons (Fsp3) is 0.458. The summed E-state index contributed by atoms with van der Waals surface area (Å²) in [5, 5.41) is 20.4. The van der Waals surface area contributed by atoms with Crippen molar-refractivity contribution in [1.82, 2.24) is 4.90 Å². The van der Waals surface area contributed by atoms with E-state index in [4.69, 9.17) is 9.47 Å². The summed E-state index contributed by atoms with van der Waals surface area (Å²) in [5.41, 5.74) is 1.23. The molecule has 0 bridgehead atoms. The van der Waals surface area contributed by atoms with E-state index >= 15 is 0 Å². The topological polar surface area (TPSA) is 79.2 Å². The van der Waals surface area contributed by atoms with Crippen LogP contribution in [0.4, 0.5) is 0 Å². The first kappa shape index (κ1) is 24.0. The summed E-state index contributed by atoms with van der Waals surface area (Å²) in [4.78, 5) is 14.5. The SMILES string of the molecule is CCCCN(CC(O)COC)CC(O)COc1ccc(C(=O)c2ccccc2)cc1. The molecular formula is C24H33NO5. The molecule has 0 saturated carbocycles. The second-order valence-electron chi connectivity index (χ2n) is 7.41. The van der Waals surface area contributed by atoms with Gasteiger partial charge in [-0.15, -0.1) is 0 Å². The molecule has 0 radical (unpaired) electrons. The highest BCUT2D eigenvalue weighted by Gasteiger charge is 2.16. The third kappa shape index (κ3) is 8.24. The van der Waals surface area contributed by atoms with Crippen LogP contribution in [-0.2, 0) is 4.74 Å². The van der Waals surface area contributed by atoms with Gasteiger partial charge in [-0.3, -0.25) is 9.69 Å². The summed E-state index contributed by atoms with van der Waals surface area (Å²) in [6.45, 7) is 4.16. The van der Waals surface area contributed by atoms with Crippen LogP contribution in [0.2, 0.25) is 0 Å². The van der Waals surface area contributed by atoms with Crippen molar-refractivity contribution < 1.29 is 24.5 Å². The molecule has 0 saturated heterocycles. The van der Waals surface area contributed by atoms with Crippen molar-refractivity contribution in [3.05, 3.63) is 65.7 Å². The second kappa shape index (κ2) is 13.1. The number of nitrogens with zero attached hydrogens (tertiary/aromatic N) is 1. The molecule has 2 rings (SSSR count). The van der Waals surface area contributed by atoms with E-state index in [0.717, 1.165) is 19.4 Å². The maximum Gasteiger partial charge on any atom is 0.193 e. The molecule has 6 nitrogen and oxygen atoms in total. The molecule has 0 aromatic heterocycles. The summed E-state index contributed by atoms with van der Waals surface area (Å²) < 4.78 is 10.7. The number of aliphatic hydroxyl groups is 2. The first-order chi connectivity index (χ1) is 14.5. The Morgan fingerprint density at radius 2 is 1.53 bits per heavy atom. The Balaban J connectivity index is 1.85. The number of aliphatic hydroxyl groups excluding tert-OH is 2. The third-order valence-electron chi connectivity index (χ3n) is 4.72. The highest BCUT2D eigenvalue weighted by Crippen LogP contribution is 2.16. The number of unbranched alkanes of at least 4 members (excludes halogenated alkanes) is 1. The van der Waals surface area contributed by atoms with Crippen molar-refractivity contribution in [3.63, 3.8) is 0 Å². The third-order valence-corrected chi connectivity index (χ3v) is 4.72. The van der Waals surface area contributed by atoms with Crippen LogP contribution in [0.3, 0.4) is 0 Å². The molecule has 0 amide bonds. The van der Waals surface area contributed by atoms with Crippen LogP contribution in [-0.4, -0.2) is 73.1 Å². The Labute approximate surface area is 179 Å². The van der Waals surface area contributed by atoms with Gasteiger partial charge in [0.25, 0.3) is 0 Å². The second-order valence-corrected chi connectivity index (χ2v) is 7.41. The first-order valence-corrected chi connectivity index (χ1v) is 10.4. The molecule has 0 fully saturated rings. The van der Waals surface area contributed by atoms with Crippen LogP contribution in [0, 0.1) is 0 Å². The van der Waals surface area contributed by atoms with Gasteiger partial charge in [-0.1, -0.05) is 43.7 Å². The lowest BCUT2D eigenvalue weighted by Crippen LogP contribution is -2.41. The van der Waals surface area contributed by atoms with Crippen molar-refractivity contribution in [3.8, 4) is 5.75 Å². The summed E-state index contributed by atoms with van der Waals surface area (Å²) in [7, 11) is 1.56. The number of ketones is 1. The van der Waals surface area contributed by atoms with Crippen LogP contribution in [0.25, 0.3) is 0 Å². The van der Waals surface area contributed by atoms with Gasteiger partial charge in [0.15, 0.2) is 5.78 Å². The highest BCUT2D eigenvalue weighted by atomic mass is 16.5. The van der Waals surface area contributed by atoms with Crippen molar-refractivity contribution in [2.24, 2.45) is 0 Å². The van der Waals surface area contributed by atoms with Crippen LogP contribution >= 0.6 is 0 Å². The minimum absolute atomic E-state index is 0.0385. The number of benzene rings is 2. The predicted molar refractivity (Wildman–Crippen MR) is 117 cm³/mol. The molecule has 0 heterocycles. The molecule has 0 spiro atoms. The van der Waals surface area contributed by atoms with Gasteiger partial charge in [-0.05, 0) is 37.2 Å². The molecule has 0 aliphatic heterocycles. The zero-order valence-corrected chi connectivity index (χ0v) is 17.9. The number of ether oxygens (including phenoxy) is 2. The van der Waals surface area contributed by atoms with E-state index in [-0.39, 0.29) is 19.0 Å². The minimum Gasteiger partial charge on any atom is -0.491 e. The predicted octanol–water partition coefficient (Wildman–Crippen LogP) is 2.77. The summed E-state index contributed by atoms with van der Waals surface area (Å²) in [5.74, 6) is 0.557. The zero-order valence-electron chi connectivity index (χ0n) is 17.9. The van der Waals surface area contributed by atoms with E-state index < -0.39 is 12.2 Å². The lowest BCUT2D eigenvalue weighted by molar-refractivity contribution is 0.0158. The number of carbonyl (C=O) groups excluding carboxylic acids is 1. The first-order valence-electron chi connectivity index (χ1n) is 10.4. The van der Waals surface area contributed by atoms with Gasteiger partial charge in [-0.25, -0.2) is 0 Å². The Morgan fingerprint density at radius 3 is 2.13 bits per heavy atom. The molecule has 0 aliphatic carbocycles. The van der Waals surface area contributed by atoms with Crippen molar-refractivity contribution in [2.45, 2.75) is 32.0 Å². The molecule has 6 heteroatoms. The normalized spacial score (nSPS) is 13.2. The zero-order chi connectivity index (χ0) is 21.8. The molecule has 2 N–H and O–H groups in total. The van der Waals surface area contributed by atoms with Crippen LogP contribution in [0.1, 0.15) is 35.7 Å². The number of rotatable bonds is 14. The smallest absolute Gasteiger partial charge is 0.193 e. The van der Waals surface area contributed by atoms with E-state index in [0.29, 0.717) is 30.0 Å². The quantitative estimate of drug-likeness (QED) is 0.462. The Morgan fingerprint density at radius 1 is 0.933 bits per heavy atom. The summed E-state index contributed by atoms with van der Waals surface area (Å²) in [6, 6.07) is 16.1. The molecule has 2 aromatic rings.